The molecular formula is C29H36ClF2N3O. The smallest absolute Gasteiger partial charge is 0.258 e. The number of halogens is 3. The number of hydrogen-bond acceptors (Lipinski definition) is 2. The number of guanidine groups is 1. The van der Waals surface area contributed by atoms with Gasteiger partial charge < -0.3 is 5.32 Å². The first-order valence-electron chi connectivity index (χ1n) is 12.8. The number of carbonyl (C=O) groups excluding carboxylic acids is 1. The predicted molar refractivity (Wildman–Crippen MR) is 144 cm³/mol. The number of aliphatic imine (C=N–C) groups is 1. The molecule has 0 heterocycles. The molecule has 1 aliphatic rings. The van der Waals surface area contributed by atoms with Crippen LogP contribution in [0.25, 0.3) is 0 Å². The Balaban J connectivity index is 1.81. The van der Waals surface area contributed by atoms with Gasteiger partial charge in [0, 0.05) is 16.6 Å². The second-order valence-corrected chi connectivity index (χ2v) is 10.2. The molecule has 0 radical (unpaired) electrons. The summed E-state index contributed by atoms with van der Waals surface area (Å²) < 4.78 is 27.1. The summed E-state index contributed by atoms with van der Waals surface area (Å²) in [6.07, 6.45) is 7.78. The number of benzene rings is 2. The van der Waals surface area contributed by atoms with Crippen molar-refractivity contribution in [1.82, 2.24) is 10.6 Å². The van der Waals surface area contributed by atoms with Crippen molar-refractivity contribution in [3.63, 3.8) is 0 Å². The molecule has 0 spiro atoms. The molecule has 2 atom stereocenters. The Labute approximate surface area is 218 Å². The molecule has 2 unspecified atom stereocenters. The van der Waals surface area contributed by atoms with Crippen LogP contribution in [0.3, 0.4) is 0 Å². The zero-order valence-corrected chi connectivity index (χ0v) is 21.9. The maximum absolute atomic E-state index is 13.7. The minimum atomic E-state index is -1.06. The summed E-state index contributed by atoms with van der Waals surface area (Å²) in [5.41, 5.74) is 2.29. The second kappa shape index (κ2) is 13.5. The number of unbranched alkanes of at least 4 members (excludes halogenated alkanes) is 1. The van der Waals surface area contributed by atoms with E-state index in [2.05, 4.69) is 36.3 Å². The van der Waals surface area contributed by atoms with Gasteiger partial charge in [0.15, 0.2) is 17.6 Å². The van der Waals surface area contributed by atoms with Crippen molar-refractivity contribution in [2.45, 2.75) is 83.2 Å². The van der Waals surface area contributed by atoms with Gasteiger partial charge in [0.25, 0.3) is 5.91 Å². The van der Waals surface area contributed by atoms with Crippen LogP contribution in [-0.2, 0) is 0 Å². The zero-order chi connectivity index (χ0) is 26.1. The highest BCUT2D eigenvalue weighted by Crippen LogP contribution is 2.30. The Morgan fingerprint density at radius 1 is 1.17 bits per heavy atom. The van der Waals surface area contributed by atoms with Crippen LogP contribution in [0.4, 0.5) is 8.78 Å². The summed E-state index contributed by atoms with van der Waals surface area (Å²) in [6, 6.07) is 11.2. The van der Waals surface area contributed by atoms with Crippen molar-refractivity contribution >= 4 is 23.5 Å². The summed E-state index contributed by atoms with van der Waals surface area (Å²) in [5.74, 6) is -1.92. The normalized spacial score (nSPS) is 15.6. The van der Waals surface area contributed by atoms with E-state index in [1.165, 1.54) is 11.6 Å². The van der Waals surface area contributed by atoms with Crippen molar-refractivity contribution < 1.29 is 13.6 Å². The van der Waals surface area contributed by atoms with Crippen LogP contribution < -0.4 is 10.6 Å². The van der Waals surface area contributed by atoms with Crippen molar-refractivity contribution in [2.75, 3.05) is 0 Å². The molecule has 1 aliphatic carbocycles. The Morgan fingerprint density at radius 2 is 1.89 bits per heavy atom. The van der Waals surface area contributed by atoms with Gasteiger partial charge in [-0.25, -0.2) is 13.8 Å². The Bertz CT molecular complexity index is 1070. The Morgan fingerprint density at radius 3 is 2.47 bits per heavy atom. The molecule has 4 nitrogen and oxygen atoms in total. The monoisotopic (exact) mass is 515 g/mol. The number of nitrogens with one attached hydrogen (secondary N) is 2. The minimum absolute atomic E-state index is 0.0240. The first-order chi connectivity index (χ1) is 17.2. The molecule has 2 aromatic rings. The van der Waals surface area contributed by atoms with Crippen molar-refractivity contribution in [3.8, 4) is 0 Å². The number of hydrogen-bond donors (Lipinski definition) is 2. The van der Waals surface area contributed by atoms with Crippen LogP contribution in [-0.4, -0.2) is 24.0 Å². The average Bonchev–Trinajstić information content (AvgIpc) is 2.80. The van der Waals surface area contributed by atoms with E-state index in [9.17, 15) is 13.6 Å². The van der Waals surface area contributed by atoms with E-state index in [-0.39, 0.29) is 17.6 Å². The zero-order valence-electron chi connectivity index (χ0n) is 21.1. The standard InChI is InChI=1S/C29H36ClF2N3O/c1-4-5-7-21(20-10-13-23(30)14-11-20)17-25(16-19(2)3)34-29(33-24-8-6-9-24)35-28(36)22-12-15-26(31)27(32)18-22/h10-15,18,21,24-25H,2,4-9,16-17H2,1,3H3,(H2,33,34,35,36). The Kier molecular flexibility index (Phi) is 10.5. The summed E-state index contributed by atoms with van der Waals surface area (Å²) in [5, 5.41) is 6.98. The van der Waals surface area contributed by atoms with Gasteiger partial charge in [0.1, 0.15) is 0 Å². The highest BCUT2D eigenvalue weighted by Gasteiger charge is 2.23. The van der Waals surface area contributed by atoms with E-state index in [0.717, 1.165) is 62.7 Å². The van der Waals surface area contributed by atoms with Gasteiger partial charge in [-0.05, 0) is 87.3 Å². The molecule has 7 heteroatoms. The van der Waals surface area contributed by atoms with Crippen LogP contribution in [0.1, 0.15) is 87.1 Å². The summed E-state index contributed by atoms with van der Waals surface area (Å²) in [7, 11) is 0. The quantitative estimate of drug-likeness (QED) is 0.184. The van der Waals surface area contributed by atoms with Crippen molar-refractivity contribution in [3.05, 3.63) is 82.4 Å². The van der Waals surface area contributed by atoms with Crippen LogP contribution in [0, 0.1) is 11.6 Å². The number of carbonyl (C=O) groups is 1. The summed E-state index contributed by atoms with van der Waals surface area (Å²) in [4.78, 5) is 17.6. The van der Waals surface area contributed by atoms with Gasteiger partial charge in [-0.2, -0.15) is 0 Å². The predicted octanol–water partition coefficient (Wildman–Crippen LogP) is 7.55. The van der Waals surface area contributed by atoms with Crippen LogP contribution in [0.15, 0.2) is 59.6 Å². The first kappa shape index (κ1) is 27.9. The minimum Gasteiger partial charge on any atom is -0.353 e. The van der Waals surface area contributed by atoms with Gasteiger partial charge in [-0.3, -0.25) is 10.1 Å². The molecule has 36 heavy (non-hydrogen) atoms. The third-order valence-corrected chi connectivity index (χ3v) is 6.80. The third kappa shape index (κ3) is 8.44. The van der Waals surface area contributed by atoms with Gasteiger partial charge in [0.2, 0.25) is 0 Å². The molecule has 194 valence electrons. The highest BCUT2D eigenvalue weighted by atomic mass is 35.5. The fourth-order valence-corrected chi connectivity index (χ4v) is 4.50. The van der Waals surface area contributed by atoms with E-state index < -0.39 is 17.5 Å². The highest BCUT2D eigenvalue weighted by molar-refractivity contribution is 6.30. The van der Waals surface area contributed by atoms with E-state index >= 15 is 0 Å². The topological polar surface area (TPSA) is 53.5 Å². The van der Waals surface area contributed by atoms with Crippen LogP contribution >= 0.6 is 11.6 Å². The molecule has 1 amide bonds. The summed E-state index contributed by atoms with van der Waals surface area (Å²) >= 11 is 6.13. The third-order valence-electron chi connectivity index (χ3n) is 6.55. The molecule has 2 aromatic carbocycles. The van der Waals surface area contributed by atoms with Gasteiger partial charge in [-0.15, -0.1) is 6.58 Å². The Hall–Kier alpha value is -2.73. The van der Waals surface area contributed by atoms with E-state index in [1.54, 1.807) is 0 Å². The van der Waals surface area contributed by atoms with Gasteiger partial charge in [-0.1, -0.05) is 49.1 Å². The number of rotatable bonds is 11. The summed E-state index contributed by atoms with van der Waals surface area (Å²) in [6.45, 7) is 8.28. The van der Waals surface area contributed by atoms with Crippen molar-refractivity contribution in [1.29, 1.82) is 0 Å². The van der Waals surface area contributed by atoms with Gasteiger partial charge >= 0.3 is 0 Å². The molecule has 0 aromatic heterocycles. The SMILES string of the molecule is C=C(C)CC(CC(CCCC)c1ccc(Cl)cc1)NC(=NC1CCC1)NC(=O)c1ccc(F)c(F)c1. The fraction of sp³-hybridized carbons (Fsp3) is 0.448. The lowest BCUT2D eigenvalue weighted by atomic mass is 9.86. The van der Waals surface area contributed by atoms with E-state index in [0.29, 0.717) is 23.3 Å². The lowest BCUT2D eigenvalue weighted by Gasteiger charge is -2.28. The molecule has 0 saturated heterocycles. The molecule has 2 N–H and O–H groups in total. The van der Waals surface area contributed by atoms with Gasteiger partial charge in [0.05, 0.1) is 6.04 Å². The van der Waals surface area contributed by atoms with Crippen LogP contribution in [0.5, 0.6) is 0 Å². The van der Waals surface area contributed by atoms with E-state index in [4.69, 9.17) is 16.6 Å². The second-order valence-electron chi connectivity index (χ2n) is 9.77. The molecular weight excluding hydrogens is 480 g/mol. The first-order valence-corrected chi connectivity index (χ1v) is 13.1. The van der Waals surface area contributed by atoms with Crippen molar-refractivity contribution in [2.24, 2.45) is 4.99 Å². The number of nitrogens with zero attached hydrogens (tertiary/aromatic N) is 1. The molecule has 1 fully saturated rings. The molecule has 0 aliphatic heterocycles. The molecule has 3 rings (SSSR count). The maximum atomic E-state index is 13.7. The lowest BCUT2D eigenvalue weighted by molar-refractivity contribution is 0.0974. The van der Waals surface area contributed by atoms with E-state index in [1.807, 2.05) is 19.1 Å². The fourth-order valence-electron chi connectivity index (χ4n) is 4.38. The average molecular weight is 516 g/mol. The largest absolute Gasteiger partial charge is 0.353 e. The number of amides is 1. The molecule has 1 saturated carbocycles. The van der Waals surface area contributed by atoms with Crippen LogP contribution in [0.2, 0.25) is 5.02 Å². The molecule has 0 bridgehead atoms. The lowest BCUT2D eigenvalue weighted by Crippen LogP contribution is -2.47. The maximum Gasteiger partial charge on any atom is 0.258 e.